The van der Waals surface area contributed by atoms with Crippen molar-refractivity contribution in [1.82, 2.24) is 21.3 Å². The van der Waals surface area contributed by atoms with Crippen LogP contribution in [0.5, 0.6) is 17.2 Å². The van der Waals surface area contributed by atoms with E-state index in [1.807, 2.05) is 0 Å². The Bertz CT molecular complexity index is 3300. The van der Waals surface area contributed by atoms with Crippen LogP contribution in [0.15, 0.2) is 12.1 Å². The van der Waals surface area contributed by atoms with Crippen molar-refractivity contribution in [2.24, 2.45) is 5.73 Å². The van der Waals surface area contributed by atoms with Crippen molar-refractivity contribution in [3.63, 3.8) is 0 Å². The molecule has 15 atom stereocenters. The van der Waals surface area contributed by atoms with Gasteiger partial charge in [0.1, 0.15) is 76.1 Å². The first kappa shape index (κ1) is 109. The summed E-state index contributed by atoms with van der Waals surface area (Å²) < 4.78 is 166. The van der Waals surface area contributed by atoms with Crippen molar-refractivity contribution >= 4 is 77.4 Å². The minimum atomic E-state index is -1.30. The van der Waals surface area contributed by atoms with Crippen molar-refractivity contribution in [2.45, 2.75) is 175 Å². The molecule has 718 valence electrons. The van der Waals surface area contributed by atoms with Crippen molar-refractivity contribution in [2.75, 3.05) is 218 Å². The van der Waals surface area contributed by atoms with E-state index in [0.717, 1.165) is 62.3 Å². The predicted octanol–water partition coefficient (Wildman–Crippen LogP) is -2.29. The summed E-state index contributed by atoms with van der Waals surface area (Å²) in [7, 11) is 0. The maximum absolute atomic E-state index is 13.9. The Morgan fingerprint density at radius 1 is 0.294 bits per heavy atom. The lowest BCUT2D eigenvalue weighted by atomic mass is 9.96. The minimum absolute atomic E-state index is 0.00257. The topological polar surface area (TPSA) is 564 Å². The summed E-state index contributed by atoms with van der Waals surface area (Å²) in [6, 6.07) is -0.556. The molecule has 4 amide bonds. The third kappa shape index (κ3) is 46.1. The summed E-state index contributed by atoms with van der Waals surface area (Å²) in [5.41, 5.74) is 5.63. The molecule has 0 radical (unpaired) electrons. The van der Waals surface area contributed by atoms with Gasteiger partial charge in [0.05, 0.1) is 165 Å². The molecule has 3 heterocycles. The van der Waals surface area contributed by atoms with E-state index in [0.29, 0.717) is 19.8 Å². The number of rotatable bonds is 66. The molecule has 4 rings (SSSR count). The molecule has 47 nitrogen and oxygen atoms in total. The van der Waals surface area contributed by atoms with Crippen LogP contribution < -0.4 is 41.2 Å². The minimum Gasteiger partial charge on any atom is -0.487 e. The maximum Gasteiger partial charge on any atom is 0.303 e. The number of hydrogen-bond donors (Lipinski definition) is 5. The zero-order valence-corrected chi connectivity index (χ0v) is 73.4. The predicted molar refractivity (Wildman–Crippen MR) is 423 cm³/mol. The normalized spacial score (nSPS) is 22.0. The van der Waals surface area contributed by atoms with Crippen LogP contribution in [0.4, 0.5) is 0 Å². The van der Waals surface area contributed by atoms with Crippen LogP contribution in [0.2, 0.25) is 0 Å². The Morgan fingerprint density at radius 3 is 0.786 bits per heavy atom. The highest BCUT2D eigenvalue weighted by atomic mass is 16.7. The van der Waals surface area contributed by atoms with E-state index in [-0.39, 0.29) is 201 Å². The van der Waals surface area contributed by atoms with Gasteiger partial charge in [-0.25, -0.2) is 0 Å². The molecule has 1 aromatic rings. The van der Waals surface area contributed by atoms with E-state index in [9.17, 15) is 62.3 Å². The number of ether oxygens (including phenoxy) is 29. The second-order valence-corrected chi connectivity index (χ2v) is 27.4. The summed E-state index contributed by atoms with van der Waals surface area (Å²) in [5, 5.41) is 10.7. The van der Waals surface area contributed by atoms with Gasteiger partial charge < -0.3 is 164 Å². The molecule has 3 aliphatic heterocycles. The van der Waals surface area contributed by atoms with Crippen LogP contribution in [-0.2, 0) is 181 Å². The number of nitrogens with one attached hydrogen (secondary N) is 4. The van der Waals surface area contributed by atoms with Gasteiger partial charge in [-0.1, -0.05) is 0 Å². The zero-order chi connectivity index (χ0) is 92.6. The molecule has 15 unspecified atom stereocenters. The zero-order valence-electron chi connectivity index (χ0n) is 73.4. The fourth-order valence-electron chi connectivity index (χ4n) is 12.0. The molecule has 3 fully saturated rings. The lowest BCUT2D eigenvalue weighted by Crippen LogP contribution is -2.66. The fraction of sp³-hybridized carbons (Fsp3) is 0.759. The standard InChI is InChI=1S/C79H125N5O42/c1-48(85)82-66-73(121-57(10)94)70(118-54(7)91)63(45-115-51(4)88)124-77(66)112-40-34-106-28-22-100-19-25-103-31-37-109-61-43-60(76(97)81-14-16-99-18-17-98-15-13-80)44-62(110-38-32-104-26-20-101-23-29-107-35-41-113-78-67(83-49(2)86)74(122-58(11)95)71(119-55(8)92)64(125-78)46-116-52(5)89)69(61)111-39-33-105-27-21-102-24-30-108-36-42-114-79-68(84-50(3)87)75(123-59(12)96)72(120-56(9)93)65(126-79)47-117-53(6)90/h43-44,63-68,70-75,77-79H,13-42,45-47,80H2,1-12H3,(H,81,97)(H,82,85)(H,83,86)(H,84,87). The first-order valence-corrected chi connectivity index (χ1v) is 40.8. The average molecular weight is 1820 g/mol. The Kier molecular flexibility index (Phi) is 55.4. The first-order valence-electron chi connectivity index (χ1n) is 40.8. The SMILES string of the molecule is CC(=O)NC1C(OCCOCCOCCOCCOc2cc(C(=O)NCCOCCOCCN)cc(OCCOCCOCCOCCOC3OC(COC(C)=O)C(OC(C)=O)C(OC(C)=O)C3NC(C)=O)c2OCCOCCOCCOCCOC2OC(COC(C)=O)C(OC(C)=O)C(OC(C)=O)C2NC(C)=O)OC(COC(C)=O)C(OC(C)=O)C1OC(C)=O. The average Bonchev–Trinajstić information content (AvgIpc) is 0.795. The van der Waals surface area contributed by atoms with Crippen LogP contribution in [-0.4, -0.2) is 387 Å². The molecule has 0 aliphatic carbocycles. The molecule has 47 heteroatoms. The Morgan fingerprint density at radius 2 is 0.532 bits per heavy atom. The van der Waals surface area contributed by atoms with Gasteiger partial charge in [-0.15, -0.1) is 0 Å². The summed E-state index contributed by atoms with van der Waals surface area (Å²) in [4.78, 5) is 159. The summed E-state index contributed by atoms with van der Waals surface area (Å²) in [5.74, 6) is -8.42. The van der Waals surface area contributed by atoms with Crippen LogP contribution in [0, 0.1) is 0 Å². The first-order chi connectivity index (χ1) is 60.4. The smallest absolute Gasteiger partial charge is 0.303 e. The number of nitrogens with two attached hydrogens (primary N) is 1. The van der Waals surface area contributed by atoms with E-state index < -0.39 is 189 Å². The van der Waals surface area contributed by atoms with Crippen molar-refractivity contribution in [1.29, 1.82) is 0 Å². The third-order valence-electron chi connectivity index (χ3n) is 16.9. The molecule has 0 saturated carbocycles. The van der Waals surface area contributed by atoms with E-state index in [1.165, 1.54) is 32.9 Å². The second kappa shape index (κ2) is 63.9. The van der Waals surface area contributed by atoms with E-state index >= 15 is 0 Å². The monoisotopic (exact) mass is 1820 g/mol. The molecule has 3 saturated heterocycles. The summed E-state index contributed by atoms with van der Waals surface area (Å²) in [6.07, 6.45) is -15.1. The second-order valence-electron chi connectivity index (χ2n) is 27.4. The molecule has 126 heavy (non-hydrogen) atoms. The molecule has 0 bridgehead atoms. The van der Waals surface area contributed by atoms with Gasteiger partial charge in [0.15, 0.2) is 67.0 Å². The molecule has 3 aliphatic rings. The van der Waals surface area contributed by atoms with Gasteiger partial charge >= 0.3 is 53.7 Å². The van der Waals surface area contributed by atoms with Gasteiger partial charge in [-0.2, -0.15) is 0 Å². The fourth-order valence-corrected chi connectivity index (χ4v) is 12.0. The molecule has 0 spiro atoms. The van der Waals surface area contributed by atoms with Crippen LogP contribution in [0.1, 0.15) is 93.4 Å². The largest absolute Gasteiger partial charge is 0.487 e. The molecule has 1 aromatic carbocycles. The number of amides is 4. The highest BCUT2D eigenvalue weighted by molar-refractivity contribution is 5.95. The highest BCUT2D eigenvalue weighted by Crippen LogP contribution is 2.40. The van der Waals surface area contributed by atoms with Gasteiger partial charge in [0.25, 0.3) is 5.91 Å². The van der Waals surface area contributed by atoms with Gasteiger partial charge in [0.2, 0.25) is 23.5 Å². The van der Waals surface area contributed by atoms with Crippen molar-refractivity contribution in [3.05, 3.63) is 17.7 Å². The van der Waals surface area contributed by atoms with E-state index in [1.54, 1.807) is 0 Å². The molecular formula is C79H125N5O42. The Balaban J connectivity index is 1.37. The van der Waals surface area contributed by atoms with Gasteiger partial charge in [0, 0.05) is 102 Å². The van der Waals surface area contributed by atoms with Crippen LogP contribution in [0.3, 0.4) is 0 Å². The van der Waals surface area contributed by atoms with Crippen LogP contribution >= 0.6 is 0 Å². The van der Waals surface area contributed by atoms with Crippen molar-refractivity contribution in [3.8, 4) is 17.2 Å². The quantitative estimate of drug-likeness (QED) is 0.0260. The van der Waals surface area contributed by atoms with Gasteiger partial charge in [-0.05, 0) is 12.1 Å². The van der Waals surface area contributed by atoms with Gasteiger partial charge in [-0.3, -0.25) is 62.3 Å². The van der Waals surface area contributed by atoms with E-state index in [4.69, 9.17) is 143 Å². The Hall–Kier alpha value is -8.99. The number of carbonyl (C=O) groups excluding carboxylic acids is 13. The summed E-state index contributed by atoms with van der Waals surface area (Å²) >= 11 is 0. The highest BCUT2D eigenvalue weighted by Gasteiger charge is 2.54. The third-order valence-corrected chi connectivity index (χ3v) is 16.9. The van der Waals surface area contributed by atoms with Crippen molar-refractivity contribution < 1.29 is 200 Å². The van der Waals surface area contributed by atoms with Crippen LogP contribution in [0.25, 0.3) is 0 Å². The molecular weight excluding hydrogens is 1690 g/mol. The number of hydrogen-bond acceptors (Lipinski definition) is 43. The lowest BCUT2D eigenvalue weighted by molar-refractivity contribution is -0.279. The number of carbonyl (C=O) groups is 13. The number of esters is 9. The summed E-state index contributed by atoms with van der Waals surface area (Å²) in [6.45, 7) is 15.2. The Labute approximate surface area is 729 Å². The molecule has 6 N–H and O–H groups in total. The lowest BCUT2D eigenvalue weighted by Gasteiger charge is -2.44. The molecule has 0 aromatic heterocycles. The maximum atomic E-state index is 13.9. The number of benzene rings is 1. The van der Waals surface area contributed by atoms with E-state index in [2.05, 4.69) is 21.3 Å².